The van der Waals surface area contributed by atoms with Crippen LogP contribution < -0.4 is 4.72 Å². The Kier molecular flexibility index (Phi) is 7.14. The second kappa shape index (κ2) is 7.28. The average Bonchev–Trinajstić information content (AvgIpc) is 2.19. The minimum absolute atomic E-state index is 0.0564. The Morgan fingerprint density at radius 3 is 2.22 bits per heavy atom. The highest BCUT2D eigenvalue weighted by Gasteiger charge is 2.29. The van der Waals surface area contributed by atoms with E-state index in [1.54, 1.807) is 26.8 Å². The zero-order valence-corrected chi connectivity index (χ0v) is 12.0. The molecule has 0 fully saturated rings. The fourth-order valence-electron chi connectivity index (χ4n) is 1.25. The van der Waals surface area contributed by atoms with Crippen molar-refractivity contribution in [3.63, 3.8) is 0 Å². The molecule has 6 heteroatoms. The quantitative estimate of drug-likeness (QED) is 0.710. The Balaban J connectivity index is 4.40. The lowest BCUT2D eigenvalue weighted by Gasteiger charge is -2.24. The molecule has 0 aliphatic rings. The van der Waals surface area contributed by atoms with Gasteiger partial charge in [-0.3, -0.25) is 0 Å². The number of hydrogen-bond donors (Lipinski definition) is 1. The first-order chi connectivity index (χ1) is 8.06. The number of rotatable bonds is 7. The van der Waals surface area contributed by atoms with Crippen molar-refractivity contribution in [1.82, 2.24) is 4.72 Å². The monoisotopic (exact) mass is 285 g/mol. The van der Waals surface area contributed by atoms with E-state index in [2.05, 4.69) is 11.3 Å². The third kappa shape index (κ3) is 8.69. The normalized spacial score (nSPS) is 16.3. The zero-order valence-electron chi connectivity index (χ0n) is 11.1. The predicted octanol–water partition coefficient (Wildman–Crippen LogP) is 3.72. The number of alkyl halides is 3. The maximum Gasteiger partial charge on any atom is 0.389 e. The van der Waals surface area contributed by atoms with Crippen LogP contribution in [0, 0.1) is 0 Å². The van der Waals surface area contributed by atoms with Gasteiger partial charge in [-0.05, 0) is 40.0 Å². The predicted molar refractivity (Wildman–Crippen MR) is 69.5 cm³/mol. The first-order valence-corrected chi connectivity index (χ1v) is 7.07. The van der Waals surface area contributed by atoms with Gasteiger partial charge < -0.3 is 0 Å². The average molecular weight is 285 g/mol. The van der Waals surface area contributed by atoms with E-state index >= 15 is 0 Å². The number of hydrogen-bond acceptors (Lipinski definition) is 1. The Hall–Kier alpha value is -0.360. The van der Waals surface area contributed by atoms with Crippen LogP contribution in [0.4, 0.5) is 13.2 Å². The Morgan fingerprint density at radius 2 is 1.83 bits per heavy atom. The number of allylic oxidation sites excluding steroid dienone is 1. The van der Waals surface area contributed by atoms with E-state index in [9.17, 15) is 17.4 Å². The summed E-state index contributed by atoms with van der Waals surface area (Å²) in [5.41, 5.74) is 0. The fourth-order valence-corrected chi connectivity index (χ4v) is 2.14. The van der Waals surface area contributed by atoms with E-state index in [-0.39, 0.29) is 6.42 Å². The summed E-state index contributed by atoms with van der Waals surface area (Å²) in [6.45, 7) is 8.89. The van der Waals surface area contributed by atoms with Gasteiger partial charge >= 0.3 is 6.18 Å². The van der Waals surface area contributed by atoms with Crippen molar-refractivity contribution in [3.05, 3.63) is 12.7 Å². The maximum absolute atomic E-state index is 12.2. The van der Waals surface area contributed by atoms with E-state index in [4.69, 9.17) is 0 Å². The van der Waals surface area contributed by atoms with E-state index in [0.29, 0.717) is 12.8 Å². The second-order valence-corrected chi connectivity index (χ2v) is 7.21. The van der Waals surface area contributed by atoms with Crippen LogP contribution in [0.5, 0.6) is 0 Å². The molecule has 0 aromatic rings. The lowest BCUT2D eigenvalue weighted by atomic mass is 10.1. The summed E-state index contributed by atoms with van der Waals surface area (Å²) in [5.74, 6) is 0. The molecule has 0 amide bonds. The summed E-state index contributed by atoms with van der Waals surface area (Å²) in [6.07, 6.45) is -2.31. The van der Waals surface area contributed by atoms with Gasteiger partial charge in [-0.1, -0.05) is 6.08 Å². The molecule has 0 aliphatic heterocycles. The smallest absolute Gasteiger partial charge is 0.242 e. The van der Waals surface area contributed by atoms with E-state index in [1.807, 2.05) is 0 Å². The molecule has 18 heavy (non-hydrogen) atoms. The summed E-state index contributed by atoms with van der Waals surface area (Å²) in [7, 11) is -1.35. The van der Waals surface area contributed by atoms with Crippen LogP contribution in [0.25, 0.3) is 0 Å². The number of halogens is 3. The summed E-state index contributed by atoms with van der Waals surface area (Å²) >= 11 is 0. The minimum Gasteiger partial charge on any atom is -0.242 e. The van der Waals surface area contributed by atoms with Crippen molar-refractivity contribution in [2.45, 2.75) is 63.4 Å². The van der Waals surface area contributed by atoms with Gasteiger partial charge in [0, 0.05) is 12.5 Å². The molecule has 0 radical (unpaired) electrons. The van der Waals surface area contributed by atoms with Crippen LogP contribution in [0.2, 0.25) is 0 Å². The van der Waals surface area contributed by atoms with Crippen molar-refractivity contribution in [1.29, 1.82) is 0 Å². The molecule has 0 saturated carbocycles. The molecule has 0 saturated heterocycles. The Bertz CT molecular complexity index is 284. The third-order valence-electron chi connectivity index (χ3n) is 2.33. The lowest BCUT2D eigenvalue weighted by molar-refractivity contribution is -0.136. The van der Waals surface area contributed by atoms with Crippen LogP contribution in [0.1, 0.15) is 46.5 Å². The zero-order chi connectivity index (χ0) is 14.4. The summed E-state index contributed by atoms with van der Waals surface area (Å²) in [5, 5.41) is 0. The Morgan fingerprint density at radius 1 is 1.28 bits per heavy atom. The lowest BCUT2D eigenvalue weighted by Crippen LogP contribution is -2.40. The van der Waals surface area contributed by atoms with Crippen LogP contribution >= 0.6 is 0 Å². The van der Waals surface area contributed by atoms with E-state index < -0.39 is 34.4 Å². The third-order valence-corrected chi connectivity index (χ3v) is 3.99. The second-order valence-electron chi connectivity index (χ2n) is 5.22. The molecule has 108 valence electrons. The summed E-state index contributed by atoms with van der Waals surface area (Å²) in [6, 6.07) is -0.398. The molecule has 1 N–H and O–H groups in total. The number of nitrogens with one attached hydrogen (secondary N) is 1. The van der Waals surface area contributed by atoms with E-state index in [0.717, 1.165) is 0 Å². The van der Waals surface area contributed by atoms with Gasteiger partial charge in [0.25, 0.3) is 0 Å². The maximum atomic E-state index is 12.2. The van der Waals surface area contributed by atoms with Crippen molar-refractivity contribution in [2.24, 2.45) is 0 Å². The van der Waals surface area contributed by atoms with Crippen molar-refractivity contribution in [3.8, 4) is 0 Å². The minimum atomic E-state index is -4.17. The van der Waals surface area contributed by atoms with Gasteiger partial charge in [0.2, 0.25) is 0 Å². The highest BCUT2D eigenvalue weighted by molar-refractivity contribution is 7.84. The van der Waals surface area contributed by atoms with Gasteiger partial charge in [0.15, 0.2) is 0 Å². The molecule has 2 unspecified atom stereocenters. The van der Waals surface area contributed by atoms with Gasteiger partial charge in [-0.15, -0.1) is 6.58 Å². The highest BCUT2D eigenvalue weighted by Crippen LogP contribution is 2.24. The molecule has 0 heterocycles. The molecule has 0 aromatic carbocycles. The van der Waals surface area contributed by atoms with Crippen LogP contribution in [-0.2, 0) is 11.0 Å². The van der Waals surface area contributed by atoms with Crippen LogP contribution in [0.15, 0.2) is 12.7 Å². The fraction of sp³-hybridized carbons (Fsp3) is 0.833. The van der Waals surface area contributed by atoms with E-state index in [1.165, 1.54) is 0 Å². The molecule has 0 spiro atoms. The first-order valence-electron chi connectivity index (χ1n) is 5.92. The Labute approximate surface area is 110 Å². The summed E-state index contributed by atoms with van der Waals surface area (Å²) in [4.78, 5) is 0. The SMILES string of the molecule is C=CCCC(CCC(F)(F)F)NS(=O)C(C)(C)C. The highest BCUT2D eigenvalue weighted by atomic mass is 32.2. The van der Waals surface area contributed by atoms with Crippen molar-refractivity contribution >= 4 is 11.0 Å². The summed E-state index contributed by atoms with van der Waals surface area (Å²) < 4.78 is 50.7. The standard InChI is InChI=1S/C12H22F3NOS/c1-5-6-7-10(8-9-12(13,14)15)16-18(17)11(2,3)4/h5,10,16H,1,6-9H2,2-4H3. The van der Waals surface area contributed by atoms with Gasteiger partial charge in [-0.25, -0.2) is 8.93 Å². The molecule has 2 nitrogen and oxygen atoms in total. The van der Waals surface area contributed by atoms with Gasteiger partial charge in [0.05, 0.1) is 15.7 Å². The molecule has 0 aliphatic carbocycles. The molecule has 0 aromatic heterocycles. The molecule has 2 atom stereocenters. The van der Waals surface area contributed by atoms with Gasteiger partial charge in [0.1, 0.15) is 0 Å². The largest absolute Gasteiger partial charge is 0.389 e. The molecule has 0 rings (SSSR count). The van der Waals surface area contributed by atoms with Crippen molar-refractivity contribution < 1.29 is 17.4 Å². The molecular weight excluding hydrogens is 263 g/mol. The van der Waals surface area contributed by atoms with Gasteiger partial charge in [-0.2, -0.15) is 13.2 Å². The topological polar surface area (TPSA) is 29.1 Å². The van der Waals surface area contributed by atoms with Crippen LogP contribution in [0.3, 0.4) is 0 Å². The molecular formula is C12H22F3NOS. The van der Waals surface area contributed by atoms with Crippen LogP contribution in [-0.4, -0.2) is 21.2 Å². The van der Waals surface area contributed by atoms with Crippen molar-refractivity contribution in [2.75, 3.05) is 0 Å². The molecule has 0 bridgehead atoms. The first kappa shape index (κ1) is 17.6.